The molecule has 21 heavy (non-hydrogen) atoms. The first kappa shape index (κ1) is 14.0. The van der Waals surface area contributed by atoms with Crippen LogP contribution in [0.25, 0.3) is 5.57 Å². The maximum Gasteiger partial charge on any atom is 0.123 e. The Bertz CT molecular complexity index is 628. The molecule has 0 aliphatic carbocycles. The fourth-order valence-corrected chi connectivity index (χ4v) is 3.01. The topological polar surface area (TPSA) is 3.24 Å². The van der Waals surface area contributed by atoms with Crippen molar-refractivity contribution in [2.75, 3.05) is 13.1 Å². The van der Waals surface area contributed by atoms with E-state index in [9.17, 15) is 4.39 Å². The largest absolute Gasteiger partial charge is 0.295 e. The van der Waals surface area contributed by atoms with Crippen LogP contribution >= 0.6 is 0 Å². The van der Waals surface area contributed by atoms with Crippen molar-refractivity contribution < 1.29 is 4.39 Å². The zero-order valence-corrected chi connectivity index (χ0v) is 12.3. The highest BCUT2D eigenvalue weighted by molar-refractivity contribution is 5.69. The molecule has 0 spiro atoms. The molecule has 0 bridgehead atoms. The van der Waals surface area contributed by atoms with Gasteiger partial charge in [-0.05, 0) is 42.2 Å². The first-order valence-electron chi connectivity index (χ1n) is 7.43. The van der Waals surface area contributed by atoms with Crippen LogP contribution in [0.3, 0.4) is 0 Å². The predicted molar refractivity (Wildman–Crippen MR) is 85.3 cm³/mol. The summed E-state index contributed by atoms with van der Waals surface area (Å²) < 4.78 is 13.0. The molecule has 1 nitrogen and oxygen atoms in total. The van der Waals surface area contributed by atoms with E-state index < -0.39 is 0 Å². The van der Waals surface area contributed by atoms with Crippen molar-refractivity contribution in [3.63, 3.8) is 0 Å². The Labute approximate surface area is 125 Å². The van der Waals surface area contributed by atoms with Crippen LogP contribution < -0.4 is 0 Å². The first-order valence-corrected chi connectivity index (χ1v) is 7.43. The minimum absolute atomic E-state index is 0.168. The Balaban J connectivity index is 1.72. The van der Waals surface area contributed by atoms with Gasteiger partial charge < -0.3 is 0 Å². The highest BCUT2D eigenvalue weighted by Crippen LogP contribution is 2.28. The number of hydrogen-bond donors (Lipinski definition) is 0. The molecule has 0 N–H and O–H groups in total. The van der Waals surface area contributed by atoms with Crippen LogP contribution in [0.2, 0.25) is 0 Å². The Hall–Kier alpha value is -1.93. The third kappa shape index (κ3) is 3.40. The maximum atomic E-state index is 13.0. The molecule has 1 aliphatic rings. The fourth-order valence-electron chi connectivity index (χ4n) is 3.01. The first-order chi connectivity index (χ1) is 10.2. The molecule has 1 aliphatic heterocycles. The van der Waals surface area contributed by atoms with Crippen molar-refractivity contribution in [2.24, 2.45) is 0 Å². The van der Waals surface area contributed by atoms with E-state index in [0.717, 1.165) is 31.6 Å². The lowest BCUT2D eigenvalue weighted by Crippen LogP contribution is -2.30. The van der Waals surface area contributed by atoms with Crippen LogP contribution in [0, 0.1) is 5.82 Å². The molecule has 2 aromatic carbocycles. The normalized spacial score (nSPS) is 16.3. The van der Waals surface area contributed by atoms with E-state index in [4.69, 9.17) is 0 Å². The summed E-state index contributed by atoms with van der Waals surface area (Å²) in [6, 6.07) is 17.5. The van der Waals surface area contributed by atoms with Gasteiger partial charge in [0.15, 0.2) is 0 Å². The molecule has 0 aromatic heterocycles. The molecule has 0 atom stereocenters. The molecule has 0 fully saturated rings. The van der Waals surface area contributed by atoms with Crippen LogP contribution in [0.15, 0.2) is 60.2 Å². The van der Waals surface area contributed by atoms with Crippen LogP contribution in [-0.4, -0.2) is 18.0 Å². The summed E-state index contributed by atoms with van der Waals surface area (Å²) in [5, 5.41) is 0. The minimum Gasteiger partial charge on any atom is -0.295 e. The molecule has 0 amide bonds. The maximum absolute atomic E-state index is 13.0. The van der Waals surface area contributed by atoms with Gasteiger partial charge in [0.25, 0.3) is 0 Å². The van der Waals surface area contributed by atoms with E-state index >= 15 is 0 Å². The van der Waals surface area contributed by atoms with Gasteiger partial charge in [0.2, 0.25) is 0 Å². The van der Waals surface area contributed by atoms with Crippen LogP contribution in [0.4, 0.5) is 4.39 Å². The molecule has 0 radical (unpaired) electrons. The second kappa shape index (κ2) is 6.23. The third-order valence-corrected chi connectivity index (χ3v) is 4.10. The van der Waals surface area contributed by atoms with Crippen molar-refractivity contribution in [3.8, 4) is 0 Å². The summed E-state index contributed by atoms with van der Waals surface area (Å²) in [7, 11) is 0. The fraction of sp³-hybridized carbons (Fsp3) is 0.263. The Morgan fingerprint density at radius 2 is 1.71 bits per heavy atom. The van der Waals surface area contributed by atoms with Crippen molar-refractivity contribution in [3.05, 3.63) is 77.1 Å². The second-order valence-corrected chi connectivity index (χ2v) is 5.71. The molecule has 0 saturated carbocycles. The van der Waals surface area contributed by atoms with E-state index in [0.29, 0.717) is 0 Å². The van der Waals surface area contributed by atoms with Crippen molar-refractivity contribution in [2.45, 2.75) is 19.9 Å². The molecule has 1 heterocycles. The zero-order chi connectivity index (χ0) is 14.7. The van der Waals surface area contributed by atoms with E-state index in [1.807, 2.05) is 12.1 Å². The predicted octanol–water partition coefficient (Wildman–Crippen LogP) is 4.51. The monoisotopic (exact) mass is 281 g/mol. The standard InChI is InChI=1S/C19H20FN/c1-15-13-21(14-16-5-3-2-4-6-16)12-11-19(15)17-7-9-18(20)10-8-17/h2-10H,11-14H2,1H3. The van der Waals surface area contributed by atoms with Gasteiger partial charge in [-0.15, -0.1) is 0 Å². The highest BCUT2D eigenvalue weighted by atomic mass is 19.1. The smallest absolute Gasteiger partial charge is 0.123 e. The molecular formula is C19H20FN. The van der Waals surface area contributed by atoms with Crippen LogP contribution in [-0.2, 0) is 6.54 Å². The van der Waals surface area contributed by atoms with E-state index in [1.165, 1.54) is 16.7 Å². The molecular weight excluding hydrogens is 261 g/mol. The van der Waals surface area contributed by atoms with Crippen molar-refractivity contribution in [1.82, 2.24) is 4.90 Å². The summed E-state index contributed by atoms with van der Waals surface area (Å²) in [4.78, 5) is 2.47. The summed E-state index contributed by atoms with van der Waals surface area (Å²) in [6.07, 6.45) is 1.03. The van der Waals surface area contributed by atoms with Gasteiger partial charge in [0.1, 0.15) is 5.82 Å². The Morgan fingerprint density at radius 3 is 2.38 bits per heavy atom. The summed E-state index contributed by atoms with van der Waals surface area (Å²) in [5.41, 5.74) is 5.28. The lowest BCUT2D eigenvalue weighted by molar-refractivity contribution is 0.286. The Morgan fingerprint density at radius 1 is 1.00 bits per heavy atom. The molecule has 2 heteroatoms. The minimum atomic E-state index is -0.168. The number of benzene rings is 2. The quantitative estimate of drug-likeness (QED) is 0.800. The van der Waals surface area contributed by atoms with Crippen LogP contribution in [0.1, 0.15) is 24.5 Å². The number of halogens is 1. The highest BCUT2D eigenvalue weighted by Gasteiger charge is 2.17. The van der Waals surface area contributed by atoms with Gasteiger partial charge in [-0.3, -0.25) is 4.90 Å². The number of nitrogens with zero attached hydrogens (tertiary/aromatic N) is 1. The summed E-state index contributed by atoms with van der Waals surface area (Å²) in [5.74, 6) is -0.168. The van der Waals surface area contributed by atoms with Gasteiger partial charge in [-0.25, -0.2) is 4.39 Å². The van der Waals surface area contributed by atoms with Crippen molar-refractivity contribution in [1.29, 1.82) is 0 Å². The molecule has 3 rings (SSSR count). The third-order valence-electron chi connectivity index (χ3n) is 4.10. The van der Waals surface area contributed by atoms with Gasteiger partial charge in [0, 0.05) is 19.6 Å². The lowest BCUT2D eigenvalue weighted by Gasteiger charge is -2.30. The number of rotatable bonds is 3. The molecule has 108 valence electrons. The van der Waals surface area contributed by atoms with E-state index in [1.54, 1.807) is 12.1 Å². The second-order valence-electron chi connectivity index (χ2n) is 5.71. The van der Waals surface area contributed by atoms with E-state index in [2.05, 4.69) is 42.2 Å². The van der Waals surface area contributed by atoms with Gasteiger partial charge >= 0.3 is 0 Å². The van der Waals surface area contributed by atoms with Crippen LogP contribution in [0.5, 0.6) is 0 Å². The molecule has 2 aromatic rings. The van der Waals surface area contributed by atoms with Gasteiger partial charge in [0.05, 0.1) is 0 Å². The molecule has 0 saturated heterocycles. The average Bonchev–Trinajstić information content (AvgIpc) is 2.50. The zero-order valence-electron chi connectivity index (χ0n) is 12.3. The summed E-state index contributed by atoms with van der Waals surface area (Å²) in [6.45, 7) is 5.23. The van der Waals surface area contributed by atoms with Gasteiger partial charge in [-0.1, -0.05) is 48.0 Å². The molecule has 0 unspecified atom stereocenters. The average molecular weight is 281 g/mol. The van der Waals surface area contributed by atoms with Gasteiger partial charge in [-0.2, -0.15) is 0 Å². The summed E-state index contributed by atoms with van der Waals surface area (Å²) >= 11 is 0. The van der Waals surface area contributed by atoms with E-state index in [-0.39, 0.29) is 5.82 Å². The number of hydrogen-bond acceptors (Lipinski definition) is 1. The lowest BCUT2D eigenvalue weighted by atomic mass is 9.94. The van der Waals surface area contributed by atoms with Crippen molar-refractivity contribution >= 4 is 5.57 Å². The SMILES string of the molecule is CC1=C(c2ccc(F)cc2)CCN(Cc2ccccc2)C1. The Kier molecular flexibility index (Phi) is 4.16.